The number of hydrogen-bond acceptors (Lipinski definition) is 6. The summed E-state index contributed by atoms with van der Waals surface area (Å²) in [7, 11) is 0. The molecule has 0 aliphatic carbocycles. The van der Waals surface area contributed by atoms with Crippen LogP contribution in [0, 0.1) is 0 Å². The summed E-state index contributed by atoms with van der Waals surface area (Å²) in [4.78, 5) is 15.9. The number of hydrogen-bond donors (Lipinski definition) is 2. The summed E-state index contributed by atoms with van der Waals surface area (Å²) in [5.41, 5.74) is 2.40. The Morgan fingerprint density at radius 2 is 1.85 bits per heavy atom. The number of nitrogens with zero attached hydrogens (tertiary/aromatic N) is 1. The molecule has 8 heteroatoms. The molecular formula is C26H25ClN2O5. The van der Waals surface area contributed by atoms with Crippen LogP contribution in [0.5, 0.6) is 11.5 Å². The number of carboxylic acid groups (broad SMARTS) is 1. The number of fused-ring (bicyclic) bond motifs is 1. The number of benzene rings is 3. The van der Waals surface area contributed by atoms with E-state index in [0.29, 0.717) is 47.5 Å². The Bertz CT molecular complexity index is 1210. The zero-order chi connectivity index (χ0) is 23.9. The van der Waals surface area contributed by atoms with Crippen LogP contribution in [0.15, 0.2) is 77.2 Å². The first kappa shape index (κ1) is 23.6. The smallest absolute Gasteiger partial charge is 0.344 e. The summed E-state index contributed by atoms with van der Waals surface area (Å²) < 4.78 is 17.7. The summed E-state index contributed by atoms with van der Waals surface area (Å²) in [5.74, 6) is 0.647. The summed E-state index contributed by atoms with van der Waals surface area (Å²) in [6.45, 7) is 2.71. The Labute approximate surface area is 202 Å². The van der Waals surface area contributed by atoms with Crippen molar-refractivity contribution in [3.05, 3.63) is 89.3 Å². The van der Waals surface area contributed by atoms with Crippen molar-refractivity contribution in [3.63, 3.8) is 0 Å². The Balaban J connectivity index is 1.46. The summed E-state index contributed by atoms with van der Waals surface area (Å²) in [6.07, 6.45) is -0.976. The molecule has 0 saturated carbocycles. The van der Waals surface area contributed by atoms with Crippen LogP contribution in [0.3, 0.4) is 0 Å². The lowest BCUT2D eigenvalue weighted by Crippen LogP contribution is -2.26. The van der Waals surface area contributed by atoms with Gasteiger partial charge in [-0.15, -0.1) is 0 Å². The van der Waals surface area contributed by atoms with Crippen molar-refractivity contribution in [1.29, 1.82) is 0 Å². The van der Waals surface area contributed by atoms with Crippen LogP contribution in [0.25, 0.3) is 11.1 Å². The van der Waals surface area contributed by atoms with E-state index >= 15 is 0 Å². The van der Waals surface area contributed by atoms with E-state index in [2.05, 4.69) is 10.3 Å². The summed E-state index contributed by atoms with van der Waals surface area (Å²) in [6, 6.07) is 22.0. The van der Waals surface area contributed by atoms with Gasteiger partial charge in [0.15, 0.2) is 17.8 Å². The van der Waals surface area contributed by atoms with E-state index in [1.807, 2.05) is 42.5 Å². The number of carbonyl (C=O) groups is 1. The summed E-state index contributed by atoms with van der Waals surface area (Å²) in [5, 5.41) is 13.2. The van der Waals surface area contributed by atoms with Crippen LogP contribution in [0.4, 0.5) is 0 Å². The molecule has 3 aromatic carbocycles. The van der Waals surface area contributed by atoms with Gasteiger partial charge in [0.2, 0.25) is 5.89 Å². The second-order valence-electron chi connectivity index (χ2n) is 7.71. The molecule has 0 saturated heterocycles. The van der Waals surface area contributed by atoms with Crippen molar-refractivity contribution in [2.24, 2.45) is 0 Å². The topological polar surface area (TPSA) is 93.8 Å². The van der Waals surface area contributed by atoms with Gasteiger partial charge in [-0.2, -0.15) is 0 Å². The van der Waals surface area contributed by atoms with Gasteiger partial charge < -0.3 is 24.3 Å². The van der Waals surface area contributed by atoms with Crippen molar-refractivity contribution in [2.75, 3.05) is 6.54 Å². The minimum atomic E-state index is -0.980. The highest BCUT2D eigenvalue weighted by molar-refractivity contribution is 6.30. The molecule has 0 fully saturated rings. The highest BCUT2D eigenvalue weighted by Crippen LogP contribution is 2.26. The average molecular weight is 481 g/mol. The maximum atomic E-state index is 11.3. The molecule has 4 rings (SSSR count). The molecule has 0 bridgehead atoms. The van der Waals surface area contributed by atoms with E-state index in [-0.39, 0.29) is 0 Å². The van der Waals surface area contributed by atoms with Crippen LogP contribution in [-0.4, -0.2) is 28.7 Å². The molecule has 176 valence electrons. The molecule has 2 unspecified atom stereocenters. The van der Waals surface area contributed by atoms with E-state index in [1.165, 1.54) is 0 Å². The van der Waals surface area contributed by atoms with E-state index < -0.39 is 18.2 Å². The standard InChI is InChI=1S/C26H25ClN2O5/c1-2-22(26(30)31)33-20-7-5-6-17(14-20)15-28-16-24(32-19-12-10-18(27)11-13-19)25-29-21-8-3-4-9-23(21)34-25/h3-14,22,24,28H,2,15-16H2,1H3,(H,30,31). The number of ether oxygens (including phenoxy) is 2. The largest absolute Gasteiger partial charge is 0.479 e. The molecule has 0 aliphatic heterocycles. The number of para-hydroxylation sites is 2. The lowest BCUT2D eigenvalue weighted by Gasteiger charge is -2.17. The number of oxazole rings is 1. The zero-order valence-corrected chi connectivity index (χ0v) is 19.4. The van der Waals surface area contributed by atoms with Gasteiger partial charge in [0.25, 0.3) is 0 Å². The molecule has 0 radical (unpaired) electrons. The minimum absolute atomic E-state index is 0.381. The third kappa shape index (κ3) is 6.07. The van der Waals surface area contributed by atoms with Gasteiger partial charge in [-0.3, -0.25) is 0 Å². The zero-order valence-electron chi connectivity index (χ0n) is 18.6. The molecule has 34 heavy (non-hydrogen) atoms. The van der Waals surface area contributed by atoms with Crippen LogP contribution in [0.1, 0.15) is 30.9 Å². The third-order valence-electron chi connectivity index (χ3n) is 5.16. The molecule has 0 amide bonds. The lowest BCUT2D eigenvalue weighted by molar-refractivity contribution is -0.145. The van der Waals surface area contributed by atoms with Gasteiger partial charge in [0.1, 0.15) is 17.0 Å². The van der Waals surface area contributed by atoms with Gasteiger partial charge in [0, 0.05) is 18.1 Å². The van der Waals surface area contributed by atoms with Gasteiger partial charge in [0.05, 0.1) is 0 Å². The van der Waals surface area contributed by atoms with Gasteiger partial charge in [-0.05, 0) is 60.5 Å². The molecule has 1 aromatic heterocycles. The first-order chi connectivity index (χ1) is 16.5. The van der Waals surface area contributed by atoms with Gasteiger partial charge in [-0.25, -0.2) is 9.78 Å². The third-order valence-corrected chi connectivity index (χ3v) is 5.41. The second-order valence-corrected chi connectivity index (χ2v) is 8.15. The van der Waals surface area contributed by atoms with Crippen molar-refractivity contribution in [3.8, 4) is 11.5 Å². The second kappa shape index (κ2) is 11.0. The first-order valence-corrected chi connectivity index (χ1v) is 11.4. The quantitative estimate of drug-likeness (QED) is 0.287. The van der Waals surface area contributed by atoms with Crippen LogP contribution in [0.2, 0.25) is 5.02 Å². The lowest BCUT2D eigenvalue weighted by atomic mass is 10.2. The fourth-order valence-corrected chi connectivity index (χ4v) is 3.56. The van der Waals surface area contributed by atoms with Crippen molar-refractivity contribution in [2.45, 2.75) is 32.1 Å². The van der Waals surface area contributed by atoms with Crippen molar-refractivity contribution < 1.29 is 23.8 Å². The van der Waals surface area contributed by atoms with E-state index in [0.717, 1.165) is 11.1 Å². The van der Waals surface area contributed by atoms with Crippen molar-refractivity contribution >= 4 is 28.7 Å². The number of aromatic nitrogens is 1. The number of nitrogens with one attached hydrogen (secondary N) is 1. The van der Waals surface area contributed by atoms with Gasteiger partial charge in [-0.1, -0.05) is 42.8 Å². The Hall–Kier alpha value is -3.55. The van der Waals surface area contributed by atoms with Crippen LogP contribution < -0.4 is 14.8 Å². The normalized spacial score (nSPS) is 12.9. The predicted molar refractivity (Wildman–Crippen MR) is 129 cm³/mol. The van der Waals surface area contributed by atoms with E-state index in [1.54, 1.807) is 37.3 Å². The highest BCUT2D eigenvalue weighted by Gasteiger charge is 2.21. The fourth-order valence-electron chi connectivity index (χ4n) is 3.43. The average Bonchev–Trinajstić information content (AvgIpc) is 3.27. The number of rotatable bonds is 11. The number of carboxylic acids is 1. The molecule has 0 aliphatic rings. The van der Waals surface area contributed by atoms with E-state index in [9.17, 15) is 9.90 Å². The molecule has 2 N–H and O–H groups in total. The van der Waals surface area contributed by atoms with Crippen LogP contribution in [-0.2, 0) is 11.3 Å². The fraction of sp³-hybridized carbons (Fsp3) is 0.231. The Kier molecular flexibility index (Phi) is 7.67. The number of halogens is 1. The molecule has 7 nitrogen and oxygen atoms in total. The molecule has 4 aromatic rings. The highest BCUT2D eigenvalue weighted by atomic mass is 35.5. The predicted octanol–water partition coefficient (Wildman–Crippen LogP) is 5.63. The maximum absolute atomic E-state index is 11.3. The van der Waals surface area contributed by atoms with Crippen molar-refractivity contribution in [1.82, 2.24) is 10.3 Å². The van der Waals surface area contributed by atoms with Gasteiger partial charge >= 0.3 is 5.97 Å². The Morgan fingerprint density at radius 3 is 2.59 bits per heavy atom. The minimum Gasteiger partial charge on any atom is -0.479 e. The molecular weight excluding hydrogens is 456 g/mol. The molecule has 2 atom stereocenters. The monoisotopic (exact) mass is 480 g/mol. The SMILES string of the molecule is CCC(Oc1cccc(CNCC(Oc2ccc(Cl)cc2)c2nc3ccccc3o2)c1)C(=O)O. The maximum Gasteiger partial charge on any atom is 0.344 e. The number of aliphatic carboxylic acids is 1. The van der Waals surface area contributed by atoms with Crippen LogP contribution >= 0.6 is 11.6 Å². The summed E-state index contributed by atoms with van der Waals surface area (Å²) >= 11 is 6.00. The first-order valence-electron chi connectivity index (χ1n) is 11.0. The van der Waals surface area contributed by atoms with E-state index in [4.69, 9.17) is 25.5 Å². The molecule has 1 heterocycles. The Morgan fingerprint density at radius 1 is 1.06 bits per heavy atom. The molecule has 0 spiro atoms.